The van der Waals surface area contributed by atoms with E-state index >= 15 is 0 Å². The summed E-state index contributed by atoms with van der Waals surface area (Å²) >= 11 is 0. The quantitative estimate of drug-likeness (QED) is 0.0863. The molecule has 1 aromatic heterocycles. The van der Waals surface area contributed by atoms with Crippen LogP contribution in [0.1, 0.15) is 28.7 Å². The molecule has 284 valence electrons. The molecule has 8 atom stereocenters. The summed E-state index contributed by atoms with van der Waals surface area (Å²) in [4.78, 5) is 0. The molecule has 4 aromatic carbocycles. The second kappa shape index (κ2) is 13.4. The fraction of sp³-hybridized carbons (Fsp3) is 0.250. The van der Waals surface area contributed by atoms with Gasteiger partial charge < -0.3 is 85.7 Å². The van der Waals surface area contributed by atoms with Gasteiger partial charge in [0, 0.05) is 41.5 Å². The third-order valence-electron chi connectivity index (χ3n) is 9.40. The number of fused-ring (bicyclic) bond motifs is 2. The number of aliphatic hydroxyl groups excluding tert-OH is 5. The largest absolute Gasteiger partial charge is 0.508 e. The third kappa shape index (κ3) is 5.92. The van der Waals surface area contributed by atoms with E-state index in [9.17, 15) is 71.5 Å². The molecule has 0 radical (unpaired) electrons. The first kappa shape index (κ1) is 36.2. The summed E-state index contributed by atoms with van der Waals surface area (Å²) < 4.78 is 23.6. The van der Waals surface area contributed by atoms with E-state index in [1.54, 1.807) is 0 Å². The van der Waals surface area contributed by atoms with Crippen LogP contribution in [0.25, 0.3) is 22.3 Å². The maximum atomic E-state index is 12.0. The summed E-state index contributed by atoms with van der Waals surface area (Å²) in [6, 6.07) is 9.33. The van der Waals surface area contributed by atoms with Gasteiger partial charge in [-0.15, -0.1) is 0 Å². The number of phenols is 9. The van der Waals surface area contributed by atoms with E-state index in [1.807, 2.05) is 0 Å². The highest BCUT2D eigenvalue weighted by atomic mass is 16.7. The average Bonchev–Trinajstić information content (AvgIpc) is 3.12. The molecule has 0 spiro atoms. The number of hydrogen-bond donors (Lipinski definition) is 14. The molecule has 18 nitrogen and oxygen atoms in total. The van der Waals surface area contributed by atoms with E-state index in [-0.39, 0.29) is 44.9 Å². The van der Waals surface area contributed by atoms with Gasteiger partial charge in [-0.3, -0.25) is 0 Å². The van der Waals surface area contributed by atoms with Gasteiger partial charge in [0.25, 0.3) is 0 Å². The Morgan fingerprint density at radius 1 is 0.630 bits per heavy atom. The van der Waals surface area contributed by atoms with Crippen LogP contribution in [0, 0.1) is 0 Å². The minimum absolute atomic E-state index is 0.0332. The smallest absolute Gasteiger partial charge is 0.402 e. The van der Waals surface area contributed by atoms with Crippen LogP contribution >= 0.6 is 0 Å². The van der Waals surface area contributed by atoms with Crippen LogP contribution in [0.4, 0.5) is 0 Å². The van der Waals surface area contributed by atoms with E-state index < -0.39 is 113 Å². The molecule has 2 aliphatic heterocycles. The fourth-order valence-corrected chi connectivity index (χ4v) is 6.73. The molecule has 54 heavy (non-hydrogen) atoms. The Labute approximate surface area is 302 Å². The van der Waals surface area contributed by atoms with Crippen molar-refractivity contribution in [3.63, 3.8) is 0 Å². The molecule has 1 saturated heterocycles. The highest BCUT2D eigenvalue weighted by Crippen LogP contribution is 2.56. The lowest BCUT2D eigenvalue weighted by Gasteiger charge is -2.39. The van der Waals surface area contributed by atoms with Crippen molar-refractivity contribution in [1.82, 2.24) is 0 Å². The van der Waals surface area contributed by atoms with Crippen molar-refractivity contribution in [2.45, 2.75) is 48.8 Å². The predicted octanol–water partition coefficient (Wildman–Crippen LogP) is 1.54. The summed E-state index contributed by atoms with van der Waals surface area (Å²) in [6.45, 7) is -0.793. The second-order valence-corrected chi connectivity index (χ2v) is 12.8. The normalized spacial score (nSPS) is 25.2. The van der Waals surface area contributed by atoms with Gasteiger partial charge in [-0.25, -0.2) is 4.42 Å². The molecule has 14 N–H and O–H groups in total. The Bertz CT molecular complexity index is 2250. The maximum Gasteiger partial charge on any atom is 0.402 e. The minimum Gasteiger partial charge on any atom is -0.508 e. The number of benzene rings is 4. The zero-order valence-electron chi connectivity index (χ0n) is 27.4. The third-order valence-corrected chi connectivity index (χ3v) is 9.40. The van der Waals surface area contributed by atoms with Gasteiger partial charge in [0.05, 0.1) is 18.1 Å². The van der Waals surface area contributed by atoms with Crippen molar-refractivity contribution < 1.29 is 90.1 Å². The zero-order valence-corrected chi connectivity index (χ0v) is 27.4. The fourth-order valence-electron chi connectivity index (χ4n) is 6.73. The zero-order chi connectivity index (χ0) is 38.9. The van der Waals surface area contributed by atoms with Crippen LogP contribution in [-0.2, 0) is 4.74 Å². The number of ether oxygens (including phenoxy) is 3. The number of hydrogen-bond acceptors (Lipinski definition) is 17. The number of aliphatic hydroxyl groups is 5. The second-order valence-electron chi connectivity index (χ2n) is 12.8. The Morgan fingerprint density at radius 2 is 1.31 bits per heavy atom. The Morgan fingerprint density at radius 3 is 1.98 bits per heavy atom. The first-order chi connectivity index (χ1) is 25.6. The highest BCUT2D eigenvalue weighted by molar-refractivity contribution is 5.92. The number of aromatic hydroxyl groups is 9. The van der Waals surface area contributed by atoms with Crippen molar-refractivity contribution >= 4 is 11.0 Å². The first-order valence-electron chi connectivity index (χ1n) is 16.1. The van der Waals surface area contributed by atoms with E-state index in [0.717, 1.165) is 48.5 Å². The van der Waals surface area contributed by atoms with E-state index in [0.29, 0.717) is 0 Å². The Kier molecular flexibility index (Phi) is 8.96. The molecule has 2 aliphatic rings. The summed E-state index contributed by atoms with van der Waals surface area (Å²) in [6.07, 6.45) is -12.1. The van der Waals surface area contributed by atoms with Crippen LogP contribution in [0.3, 0.4) is 0 Å². The molecule has 0 bridgehead atoms. The van der Waals surface area contributed by atoms with Crippen LogP contribution in [0.15, 0.2) is 59.0 Å². The number of phenolic OH excluding ortho intramolecular Hbond substituents is 9. The standard InChI is InChI=1S/C36H32O18/c37-10-24-29(47)31(49)32(50)36(53-24)52-23-8-14-16(40)9-19(43)26(35(14)54-33(23)11-1-2-15(39)17(41)3-11)27-25-18(42)6-13(38)7-22(25)51-34(30(27)48)12-4-20(44)28(46)21(45)5-12/h1-9,24,27,29-32,34,36-37,47-50H,10H2,(H8-,38,39,40,41,42,43,44,45,46)/p+1. The van der Waals surface area contributed by atoms with Gasteiger partial charge in [-0.2, -0.15) is 0 Å². The lowest BCUT2D eigenvalue weighted by molar-refractivity contribution is -0.277. The van der Waals surface area contributed by atoms with Crippen LogP contribution < -0.4 is 9.47 Å². The van der Waals surface area contributed by atoms with Crippen LogP contribution in [-0.4, -0.2) is 115 Å². The predicted molar refractivity (Wildman–Crippen MR) is 180 cm³/mol. The first-order valence-corrected chi connectivity index (χ1v) is 16.1. The van der Waals surface area contributed by atoms with Crippen molar-refractivity contribution in [3.8, 4) is 74.6 Å². The van der Waals surface area contributed by atoms with Crippen molar-refractivity contribution in [2.75, 3.05) is 6.61 Å². The van der Waals surface area contributed by atoms with Gasteiger partial charge >= 0.3 is 11.3 Å². The topological polar surface area (TPSA) is 322 Å². The van der Waals surface area contributed by atoms with Gasteiger partial charge in [0.2, 0.25) is 12.0 Å². The lowest BCUT2D eigenvalue weighted by atomic mass is 9.78. The molecular formula is C36H33O18+. The van der Waals surface area contributed by atoms with E-state index in [2.05, 4.69) is 0 Å². The summed E-state index contributed by atoms with van der Waals surface area (Å²) in [7, 11) is 0. The molecule has 0 aliphatic carbocycles. The lowest BCUT2D eigenvalue weighted by Crippen LogP contribution is -2.60. The monoisotopic (exact) mass is 753 g/mol. The minimum atomic E-state index is -1.91. The Hall–Kier alpha value is -6.15. The van der Waals surface area contributed by atoms with Gasteiger partial charge in [-0.1, -0.05) is 0 Å². The summed E-state index contributed by atoms with van der Waals surface area (Å²) in [5.41, 5.74) is -1.05. The SMILES string of the molecule is OCC1OC(Oc2cc3c(O)cc(O)c(C4c5c(O)cc(O)cc5OC(c5cc(O)c(O)c(O)c5)C4O)c3[o+]c2-c2ccc(O)c(O)c2)C(O)C(O)C1O. The van der Waals surface area contributed by atoms with E-state index in [4.69, 9.17) is 18.6 Å². The molecule has 3 heterocycles. The molecule has 0 amide bonds. The molecule has 5 aromatic rings. The number of rotatable bonds is 6. The molecule has 8 unspecified atom stereocenters. The maximum absolute atomic E-state index is 12.0. The highest BCUT2D eigenvalue weighted by Gasteiger charge is 2.48. The summed E-state index contributed by atoms with van der Waals surface area (Å²) in [5, 5.41) is 148. The van der Waals surface area contributed by atoms with Gasteiger partial charge in [0.1, 0.15) is 70.2 Å². The average molecular weight is 754 g/mol. The summed E-state index contributed by atoms with van der Waals surface area (Å²) in [5.74, 6) is -8.62. The molecule has 0 saturated carbocycles. The molecular weight excluding hydrogens is 720 g/mol. The van der Waals surface area contributed by atoms with E-state index in [1.165, 1.54) is 6.07 Å². The van der Waals surface area contributed by atoms with Crippen molar-refractivity contribution in [2.24, 2.45) is 0 Å². The van der Waals surface area contributed by atoms with Gasteiger partial charge in [0.15, 0.2) is 34.9 Å². The van der Waals surface area contributed by atoms with Crippen LogP contribution in [0.2, 0.25) is 0 Å². The van der Waals surface area contributed by atoms with Crippen LogP contribution in [0.5, 0.6) is 63.2 Å². The Balaban J connectivity index is 1.48. The molecule has 7 rings (SSSR count). The molecule has 1 fully saturated rings. The molecule has 18 heteroatoms. The van der Waals surface area contributed by atoms with Crippen molar-refractivity contribution in [1.29, 1.82) is 0 Å². The van der Waals surface area contributed by atoms with Gasteiger partial charge in [-0.05, 0) is 24.3 Å². The van der Waals surface area contributed by atoms with Crippen molar-refractivity contribution in [3.05, 3.63) is 71.3 Å².